The number of anilines is 1. The molecule has 0 aliphatic rings. The molecule has 0 aliphatic heterocycles. The minimum absolute atomic E-state index is 0.143. The molecule has 1 heterocycles. The number of hydrogen-bond acceptors (Lipinski definition) is 4. The third kappa shape index (κ3) is 4.05. The Bertz CT molecular complexity index is 770. The molecule has 1 aromatic heterocycles. The number of aromatic amines is 1. The van der Waals surface area contributed by atoms with Gasteiger partial charge in [0.2, 0.25) is 0 Å². The molecule has 0 bridgehead atoms. The van der Waals surface area contributed by atoms with Crippen LogP contribution < -0.4 is 10.9 Å². The number of carbonyl (C=O) groups excluding carboxylic acids is 2. The van der Waals surface area contributed by atoms with Crippen LogP contribution in [0, 0.1) is 6.92 Å². The molecule has 0 radical (unpaired) electrons. The lowest BCUT2D eigenvalue weighted by Gasteiger charge is -2.09. The number of benzene rings is 1. The smallest absolute Gasteiger partial charge is 0.344 e. The SMILES string of the molecule is Cc1cc(Br)ccc1NC(=O)COC(=O)c1ccc[nH]c1=O. The van der Waals surface area contributed by atoms with Gasteiger partial charge in [0, 0.05) is 16.4 Å². The van der Waals surface area contributed by atoms with Crippen LogP contribution in [-0.2, 0) is 9.53 Å². The van der Waals surface area contributed by atoms with E-state index in [-0.39, 0.29) is 5.56 Å². The van der Waals surface area contributed by atoms with Crippen LogP contribution in [0.25, 0.3) is 0 Å². The summed E-state index contributed by atoms with van der Waals surface area (Å²) in [6.07, 6.45) is 1.40. The highest BCUT2D eigenvalue weighted by molar-refractivity contribution is 9.10. The Balaban J connectivity index is 1.94. The Morgan fingerprint density at radius 3 is 2.77 bits per heavy atom. The molecule has 2 aromatic rings. The third-order valence-electron chi connectivity index (χ3n) is 2.83. The van der Waals surface area contributed by atoms with Crippen molar-refractivity contribution in [1.29, 1.82) is 0 Å². The molecule has 114 valence electrons. The maximum Gasteiger partial charge on any atom is 0.344 e. The monoisotopic (exact) mass is 364 g/mol. The predicted molar refractivity (Wildman–Crippen MR) is 84.9 cm³/mol. The van der Waals surface area contributed by atoms with Crippen LogP contribution in [0.2, 0.25) is 0 Å². The van der Waals surface area contributed by atoms with E-state index in [2.05, 4.69) is 26.2 Å². The van der Waals surface area contributed by atoms with E-state index >= 15 is 0 Å². The molecule has 0 atom stereocenters. The molecule has 2 N–H and O–H groups in total. The van der Waals surface area contributed by atoms with E-state index < -0.39 is 24.0 Å². The maximum atomic E-state index is 11.8. The van der Waals surface area contributed by atoms with E-state index in [1.165, 1.54) is 18.3 Å². The Labute approximate surface area is 134 Å². The van der Waals surface area contributed by atoms with Crippen molar-refractivity contribution < 1.29 is 14.3 Å². The second kappa shape index (κ2) is 7.04. The van der Waals surface area contributed by atoms with Gasteiger partial charge in [-0.1, -0.05) is 15.9 Å². The molecule has 0 spiro atoms. The number of aryl methyl sites for hydroxylation is 1. The van der Waals surface area contributed by atoms with Crippen molar-refractivity contribution in [2.75, 3.05) is 11.9 Å². The molecular weight excluding hydrogens is 352 g/mol. The summed E-state index contributed by atoms with van der Waals surface area (Å²) < 4.78 is 5.73. The first kappa shape index (κ1) is 16.0. The first-order valence-corrected chi connectivity index (χ1v) is 7.17. The van der Waals surface area contributed by atoms with Gasteiger partial charge in [-0.25, -0.2) is 4.79 Å². The second-order valence-electron chi connectivity index (χ2n) is 4.50. The third-order valence-corrected chi connectivity index (χ3v) is 3.33. The Kier molecular flexibility index (Phi) is 5.11. The minimum atomic E-state index is -0.843. The van der Waals surface area contributed by atoms with E-state index in [4.69, 9.17) is 4.74 Å². The number of esters is 1. The van der Waals surface area contributed by atoms with Gasteiger partial charge in [0.1, 0.15) is 5.56 Å². The maximum absolute atomic E-state index is 11.8. The van der Waals surface area contributed by atoms with Crippen molar-refractivity contribution >= 4 is 33.5 Å². The number of amides is 1. The minimum Gasteiger partial charge on any atom is -0.452 e. The van der Waals surface area contributed by atoms with Gasteiger partial charge in [-0.15, -0.1) is 0 Å². The van der Waals surface area contributed by atoms with E-state index in [1.807, 2.05) is 13.0 Å². The summed E-state index contributed by atoms with van der Waals surface area (Å²) in [7, 11) is 0. The number of halogens is 1. The molecule has 0 saturated heterocycles. The fourth-order valence-corrected chi connectivity index (χ4v) is 2.22. The highest BCUT2D eigenvalue weighted by Crippen LogP contribution is 2.19. The van der Waals surface area contributed by atoms with Crippen LogP contribution in [0.1, 0.15) is 15.9 Å². The highest BCUT2D eigenvalue weighted by atomic mass is 79.9. The molecule has 0 fully saturated rings. The molecule has 1 amide bonds. The lowest BCUT2D eigenvalue weighted by molar-refractivity contribution is -0.119. The summed E-state index contributed by atoms with van der Waals surface area (Å²) >= 11 is 3.33. The largest absolute Gasteiger partial charge is 0.452 e. The number of hydrogen-bond donors (Lipinski definition) is 2. The van der Waals surface area contributed by atoms with E-state index in [0.29, 0.717) is 5.69 Å². The first-order chi connectivity index (χ1) is 10.5. The Morgan fingerprint density at radius 1 is 1.32 bits per heavy atom. The Morgan fingerprint density at radius 2 is 2.09 bits per heavy atom. The fourth-order valence-electron chi connectivity index (χ4n) is 1.74. The van der Waals surface area contributed by atoms with Gasteiger partial charge < -0.3 is 15.0 Å². The number of aromatic nitrogens is 1. The molecule has 6 nitrogen and oxygen atoms in total. The molecule has 22 heavy (non-hydrogen) atoms. The van der Waals surface area contributed by atoms with Crippen molar-refractivity contribution in [2.24, 2.45) is 0 Å². The lowest BCUT2D eigenvalue weighted by atomic mass is 10.2. The number of carbonyl (C=O) groups is 2. The van der Waals surface area contributed by atoms with Crippen LogP contribution in [0.3, 0.4) is 0 Å². The van der Waals surface area contributed by atoms with Crippen LogP contribution in [0.15, 0.2) is 45.8 Å². The zero-order valence-corrected chi connectivity index (χ0v) is 13.3. The molecule has 7 heteroatoms. The average molecular weight is 365 g/mol. The summed E-state index contributed by atoms with van der Waals surface area (Å²) in [4.78, 5) is 37.3. The Hall–Kier alpha value is -2.41. The topological polar surface area (TPSA) is 88.3 Å². The summed E-state index contributed by atoms with van der Waals surface area (Å²) in [6.45, 7) is 1.37. The van der Waals surface area contributed by atoms with Gasteiger partial charge >= 0.3 is 5.97 Å². The number of nitrogens with one attached hydrogen (secondary N) is 2. The molecule has 1 aromatic carbocycles. The molecule has 0 aliphatic carbocycles. The fraction of sp³-hybridized carbons (Fsp3) is 0.133. The van der Waals surface area contributed by atoms with E-state index in [1.54, 1.807) is 12.1 Å². The average Bonchev–Trinajstić information content (AvgIpc) is 2.48. The molecule has 0 saturated carbocycles. The standard InChI is InChI=1S/C15H13BrN2O4/c1-9-7-10(16)4-5-12(9)18-13(19)8-22-15(21)11-3-2-6-17-14(11)20/h2-7H,8H2,1H3,(H,17,20)(H,18,19). The number of ether oxygens (including phenoxy) is 1. The summed E-state index contributed by atoms with van der Waals surface area (Å²) in [5, 5.41) is 2.64. The normalized spacial score (nSPS) is 10.1. The van der Waals surface area contributed by atoms with Gasteiger partial charge in [0.15, 0.2) is 6.61 Å². The quantitative estimate of drug-likeness (QED) is 0.814. The van der Waals surface area contributed by atoms with Crippen LogP contribution in [0.4, 0.5) is 5.69 Å². The molecule has 2 rings (SSSR count). The highest BCUT2D eigenvalue weighted by Gasteiger charge is 2.13. The summed E-state index contributed by atoms with van der Waals surface area (Å²) in [6, 6.07) is 8.21. The summed E-state index contributed by atoms with van der Waals surface area (Å²) in [5.74, 6) is -1.32. The van der Waals surface area contributed by atoms with Gasteiger partial charge in [0.05, 0.1) is 0 Å². The van der Waals surface area contributed by atoms with Gasteiger partial charge in [-0.2, -0.15) is 0 Å². The van der Waals surface area contributed by atoms with Gasteiger partial charge in [0.25, 0.3) is 11.5 Å². The van der Waals surface area contributed by atoms with Crippen LogP contribution >= 0.6 is 15.9 Å². The summed E-state index contributed by atoms with van der Waals surface area (Å²) in [5.41, 5.74) is 0.794. The van der Waals surface area contributed by atoms with Gasteiger partial charge in [-0.3, -0.25) is 9.59 Å². The van der Waals surface area contributed by atoms with Crippen molar-refractivity contribution in [3.63, 3.8) is 0 Å². The first-order valence-electron chi connectivity index (χ1n) is 6.38. The molecular formula is C15H13BrN2O4. The van der Waals surface area contributed by atoms with Crippen LogP contribution in [0.5, 0.6) is 0 Å². The zero-order chi connectivity index (χ0) is 16.1. The van der Waals surface area contributed by atoms with E-state index in [0.717, 1.165) is 10.0 Å². The lowest BCUT2D eigenvalue weighted by Crippen LogP contribution is -2.24. The number of rotatable bonds is 4. The second-order valence-corrected chi connectivity index (χ2v) is 5.41. The van der Waals surface area contributed by atoms with Crippen molar-refractivity contribution in [1.82, 2.24) is 4.98 Å². The molecule has 0 unspecified atom stereocenters. The van der Waals surface area contributed by atoms with E-state index in [9.17, 15) is 14.4 Å². The van der Waals surface area contributed by atoms with Crippen molar-refractivity contribution in [3.05, 3.63) is 62.5 Å². The number of pyridine rings is 1. The van der Waals surface area contributed by atoms with Crippen molar-refractivity contribution in [3.8, 4) is 0 Å². The predicted octanol–water partition coefficient (Wildman–Crippen LogP) is 2.24. The number of H-pyrrole nitrogens is 1. The zero-order valence-electron chi connectivity index (χ0n) is 11.7. The van der Waals surface area contributed by atoms with Crippen molar-refractivity contribution in [2.45, 2.75) is 6.92 Å². The van der Waals surface area contributed by atoms with Crippen LogP contribution in [-0.4, -0.2) is 23.5 Å². The van der Waals surface area contributed by atoms with Gasteiger partial charge in [-0.05, 0) is 42.8 Å².